The highest BCUT2D eigenvalue weighted by Crippen LogP contribution is 2.27. The van der Waals surface area contributed by atoms with Gasteiger partial charge in [-0.05, 0) is 49.4 Å². The maximum absolute atomic E-state index is 8.44. The first-order valence-electron chi connectivity index (χ1n) is 7.86. The molecule has 0 bridgehead atoms. The number of halogens is 1. The number of benzene rings is 1. The van der Waals surface area contributed by atoms with Crippen LogP contribution in [0.1, 0.15) is 18.2 Å². The Balaban J connectivity index is 2.02. The van der Waals surface area contributed by atoms with Crippen molar-refractivity contribution in [3.05, 3.63) is 76.6 Å². The van der Waals surface area contributed by atoms with Crippen molar-refractivity contribution >= 4 is 34.6 Å². The van der Waals surface area contributed by atoms with E-state index in [9.17, 15) is 0 Å². The molecule has 1 aromatic carbocycles. The molecule has 0 aliphatic heterocycles. The summed E-state index contributed by atoms with van der Waals surface area (Å²) in [5.74, 6) is 0.841. The van der Waals surface area contributed by atoms with Crippen LogP contribution >= 0.6 is 11.6 Å². The number of nitrogens with one attached hydrogen (secondary N) is 2. The average molecular weight is 354 g/mol. The molecule has 3 rings (SSSR count). The van der Waals surface area contributed by atoms with Gasteiger partial charge in [0.05, 0.1) is 22.5 Å². The van der Waals surface area contributed by atoms with Crippen LogP contribution in [0.25, 0.3) is 11.3 Å². The van der Waals surface area contributed by atoms with Crippen LogP contribution in [0.4, 0.5) is 5.95 Å². The summed E-state index contributed by atoms with van der Waals surface area (Å²) in [6, 6.07) is 8.86. The Morgan fingerprint density at radius 1 is 1.20 bits per heavy atom. The molecular formula is C19H18ClN4O+. The second kappa shape index (κ2) is 7.32. The third-order valence-electron chi connectivity index (χ3n) is 3.71. The second-order valence-corrected chi connectivity index (χ2v) is 5.87. The van der Waals surface area contributed by atoms with Crippen molar-refractivity contribution in [1.82, 2.24) is 9.97 Å². The van der Waals surface area contributed by atoms with Crippen LogP contribution in [0.5, 0.6) is 0 Å². The van der Waals surface area contributed by atoms with Gasteiger partial charge in [0.15, 0.2) is 0 Å². The minimum absolute atomic E-state index is 0.282. The van der Waals surface area contributed by atoms with Crippen LogP contribution in [0.15, 0.2) is 60.3 Å². The average Bonchev–Trinajstić information content (AvgIpc) is 2.63. The molecule has 0 unspecified atom stereocenters. The fourth-order valence-corrected chi connectivity index (χ4v) is 2.57. The van der Waals surface area contributed by atoms with Gasteiger partial charge < -0.3 is 10.4 Å². The molecule has 1 aliphatic rings. The summed E-state index contributed by atoms with van der Waals surface area (Å²) in [5.41, 5.74) is 3.14. The van der Waals surface area contributed by atoms with Gasteiger partial charge in [-0.3, -0.25) is 5.41 Å². The Kier molecular flexibility index (Phi) is 4.95. The predicted octanol–water partition coefficient (Wildman–Crippen LogP) is 3.67. The van der Waals surface area contributed by atoms with Gasteiger partial charge in [-0.15, -0.1) is 0 Å². The maximum Gasteiger partial charge on any atom is 0.270 e. The van der Waals surface area contributed by atoms with Crippen LogP contribution in [-0.4, -0.2) is 27.3 Å². The lowest BCUT2D eigenvalue weighted by atomic mass is 9.95. The Morgan fingerprint density at radius 2 is 1.96 bits per heavy atom. The van der Waals surface area contributed by atoms with Crippen LogP contribution in [-0.2, 0) is 0 Å². The largest absolute Gasteiger partial charge is 0.592 e. The first-order chi connectivity index (χ1) is 12.1. The first-order valence-corrected chi connectivity index (χ1v) is 8.24. The topological polar surface area (TPSA) is 84.6 Å². The van der Waals surface area contributed by atoms with Gasteiger partial charge >= 0.3 is 0 Å². The molecule has 0 atom stereocenters. The van der Waals surface area contributed by atoms with E-state index < -0.39 is 0 Å². The van der Waals surface area contributed by atoms with E-state index in [1.54, 1.807) is 36.5 Å². The lowest BCUT2D eigenvalue weighted by Gasteiger charge is -2.11. The van der Waals surface area contributed by atoms with Gasteiger partial charge in [0.25, 0.3) is 5.76 Å². The quantitative estimate of drug-likeness (QED) is 0.649. The highest BCUT2D eigenvalue weighted by molar-refractivity contribution is 6.30. The third-order valence-corrected chi connectivity index (χ3v) is 3.96. The van der Waals surface area contributed by atoms with E-state index in [1.165, 1.54) is 0 Å². The third kappa shape index (κ3) is 3.78. The number of aromatic nitrogens is 2. The zero-order valence-corrected chi connectivity index (χ0v) is 14.4. The van der Waals surface area contributed by atoms with Crippen LogP contribution in [0.2, 0.25) is 5.02 Å². The van der Waals surface area contributed by atoms with Crippen molar-refractivity contribution in [2.45, 2.75) is 6.92 Å². The van der Waals surface area contributed by atoms with E-state index >= 15 is 0 Å². The molecule has 126 valence electrons. The molecule has 5 nitrogen and oxygen atoms in total. The zero-order valence-electron chi connectivity index (χ0n) is 13.7. The molecule has 6 heteroatoms. The van der Waals surface area contributed by atoms with Gasteiger partial charge in [0.2, 0.25) is 5.95 Å². The summed E-state index contributed by atoms with van der Waals surface area (Å²) in [5, 5.41) is 20.3. The van der Waals surface area contributed by atoms with Crippen molar-refractivity contribution in [2.24, 2.45) is 0 Å². The lowest BCUT2D eigenvalue weighted by Crippen LogP contribution is -2.07. The van der Waals surface area contributed by atoms with Gasteiger partial charge in [-0.2, -0.15) is 0 Å². The smallest absolute Gasteiger partial charge is 0.270 e. The Bertz CT molecular complexity index is 898. The molecule has 0 fully saturated rings. The fraction of sp³-hybridized carbons (Fsp3) is 0.105. The number of hydrogen-bond acceptors (Lipinski definition) is 4. The minimum atomic E-state index is 0.282. The zero-order chi connectivity index (χ0) is 17.8. The van der Waals surface area contributed by atoms with Gasteiger partial charge in [0.1, 0.15) is 0 Å². The van der Waals surface area contributed by atoms with Crippen molar-refractivity contribution in [2.75, 3.05) is 11.9 Å². The molecule has 0 spiro atoms. The molecule has 0 saturated carbocycles. The summed E-state index contributed by atoms with van der Waals surface area (Å²) < 4.78 is 0. The van der Waals surface area contributed by atoms with E-state index in [0.717, 1.165) is 17.8 Å². The van der Waals surface area contributed by atoms with Crippen LogP contribution in [0, 0.1) is 5.41 Å². The summed E-state index contributed by atoms with van der Waals surface area (Å²) in [7, 11) is 0. The number of hydrogen-bond donors (Lipinski definition) is 2. The molecule has 0 amide bonds. The molecule has 4 N–H and O–H groups in total. The number of allylic oxidation sites excluding steroid dienone is 5. The maximum atomic E-state index is 8.44. The van der Waals surface area contributed by atoms with Gasteiger partial charge in [0, 0.05) is 23.3 Å². The standard InChI is InChI=1S/C19H17ClN4O/c1-2-22-19-23-10-9-17(24-19)13-5-8-16(21)15(11-13)18(25)12-3-6-14(20)7-4-12/h3-11,21,25H,2H2,1H3,(H,22,23,24)/p+1/b18-15-,21-16?. The van der Waals surface area contributed by atoms with E-state index in [2.05, 4.69) is 15.3 Å². The minimum Gasteiger partial charge on any atom is -0.592 e. The van der Waals surface area contributed by atoms with Crippen LogP contribution in [0.3, 0.4) is 0 Å². The molecule has 0 radical (unpaired) electrons. The van der Waals surface area contributed by atoms with E-state index in [4.69, 9.17) is 22.1 Å². The predicted molar refractivity (Wildman–Crippen MR) is 103 cm³/mol. The van der Waals surface area contributed by atoms with E-state index in [1.807, 2.05) is 25.1 Å². The summed E-state index contributed by atoms with van der Waals surface area (Å²) in [6.07, 6.45) is 7.03. The molecule has 1 heterocycles. The second-order valence-electron chi connectivity index (χ2n) is 5.44. The van der Waals surface area contributed by atoms with E-state index in [0.29, 0.717) is 27.8 Å². The van der Waals surface area contributed by atoms with Gasteiger partial charge in [-0.1, -0.05) is 17.7 Å². The number of anilines is 1. The Hall–Kier alpha value is -2.92. The fourth-order valence-electron chi connectivity index (χ4n) is 2.45. The van der Waals surface area contributed by atoms with E-state index in [-0.39, 0.29) is 5.76 Å². The highest BCUT2D eigenvalue weighted by Gasteiger charge is 2.19. The van der Waals surface area contributed by atoms with Crippen molar-refractivity contribution in [1.29, 1.82) is 5.41 Å². The molecule has 1 aliphatic carbocycles. The molecule has 1 aromatic heterocycles. The summed E-state index contributed by atoms with van der Waals surface area (Å²) >= 11 is 5.91. The van der Waals surface area contributed by atoms with Crippen molar-refractivity contribution in [3.8, 4) is 0 Å². The molecule has 2 aromatic rings. The first kappa shape index (κ1) is 16.9. The van der Waals surface area contributed by atoms with Crippen molar-refractivity contribution < 1.29 is 5.11 Å². The highest BCUT2D eigenvalue weighted by atomic mass is 35.5. The Morgan fingerprint density at radius 3 is 2.68 bits per heavy atom. The summed E-state index contributed by atoms with van der Waals surface area (Å²) in [6.45, 7) is 2.72. The van der Waals surface area contributed by atoms with Gasteiger partial charge in [-0.25, -0.2) is 9.97 Å². The number of nitrogens with zero attached hydrogens (tertiary/aromatic N) is 2. The lowest BCUT2D eigenvalue weighted by molar-refractivity contribution is 0.510. The molecule has 25 heavy (non-hydrogen) atoms. The molecule has 0 saturated heterocycles. The molecular weight excluding hydrogens is 336 g/mol. The SMILES string of the molecule is CCNc1nccc(C2=C/C(=C(/[OH2+])c3ccc(Cl)cc3)C(=N)C=C2)n1. The van der Waals surface area contributed by atoms with Crippen molar-refractivity contribution in [3.63, 3.8) is 0 Å². The normalized spacial score (nSPS) is 15.8. The summed E-state index contributed by atoms with van der Waals surface area (Å²) in [4.78, 5) is 8.65. The Labute approximate surface area is 150 Å². The van der Waals surface area contributed by atoms with Crippen LogP contribution < -0.4 is 5.32 Å². The monoisotopic (exact) mass is 353 g/mol. The number of rotatable bonds is 4.